The summed E-state index contributed by atoms with van der Waals surface area (Å²) in [5.74, 6) is 0.455. The van der Waals surface area contributed by atoms with Gasteiger partial charge >= 0.3 is 5.97 Å². The molecule has 1 heterocycles. The molecule has 0 radical (unpaired) electrons. The Morgan fingerprint density at radius 2 is 1.96 bits per heavy atom. The number of likely N-dealkylation sites (tertiary alicyclic amines) is 1. The summed E-state index contributed by atoms with van der Waals surface area (Å²) < 4.78 is 10.6. The molecule has 1 amide bonds. The van der Waals surface area contributed by atoms with E-state index in [-0.39, 0.29) is 24.3 Å². The molecular weight excluding hydrogens is 334 g/mol. The number of piperidine rings is 1. The van der Waals surface area contributed by atoms with Crippen molar-refractivity contribution < 1.29 is 24.2 Å². The van der Waals surface area contributed by atoms with E-state index in [0.717, 1.165) is 31.4 Å². The number of carbonyl (C=O) groups is 2. The highest BCUT2D eigenvalue weighted by Gasteiger charge is 2.30. The normalized spacial score (nSPS) is 18.3. The molecule has 1 saturated heterocycles. The maximum Gasteiger partial charge on any atom is 0.303 e. The van der Waals surface area contributed by atoms with E-state index in [1.165, 1.54) is 0 Å². The molecule has 1 N–H and O–H groups in total. The zero-order chi connectivity index (χ0) is 19.1. The molecule has 2 rings (SSSR count). The number of rotatable bonds is 8. The molecule has 6 heteroatoms. The maximum absolute atomic E-state index is 13.0. The third-order valence-corrected chi connectivity index (χ3v) is 5.01. The summed E-state index contributed by atoms with van der Waals surface area (Å²) in [7, 11) is 3.19. The van der Waals surface area contributed by atoms with Crippen molar-refractivity contribution in [3.8, 4) is 11.5 Å². The average molecular weight is 363 g/mol. The highest BCUT2D eigenvalue weighted by atomic mass is 16.5. The van der Waals surface area contributed by atoms with E-state index >= 15 is 0 Å². The van der Waals surface area contributed by atoms with Crippen molar-refractivity contribution in [3.63, 3.8) is 0 Å². The summed E-state index contributed by atoms with van der Waals surface area (Å²) in [5.41, 5.74) is 1.02. The van der Waals surface area contributed by atoms with Crippen molar-refractivity contribution in [2.45, 2.75) is 51.5 Å². The second-order valence-electron chi connectivity index (χ2n) is 6.91. The monoisotopic (exact) mass is 363 g/mol. The highest BCUT2D eigenvalue weighted by molar-refractivity contribution is 5.79. The number of carboxylic acid groups (broad SMARTS) is 1. The Balaban J connectivity index is 2.04. The third-order valence-electron chi connectivity index (χ3n) is 5.01. The Morgan fingerprint density at radius 1 is 1.23 bits per heavy atom. The Hall–Kier alpha value is -2.24. The third kappa shape index (κ3) is 5.13. The van der Waals surface area contributed by atoms with Crippen LogP contribution in [0.2, 0.25) is 0 Å². The lowest BCUT2D eigenvalue weighted by Gasteiger charge is -2.37. The fourth-order valence-corrected chi connectivity index (χ4v) is 3.61. The van der Waals surface area contributed by atoms with Gasteiger partial charge in [-0.1, -0.05) is 13.0 Å². The molecule has 1 aromatic carbocycles. The molecule has 0 bridgehead atoms. The van der Waals surface area contributed by atoms with Gasteiger partial charge in [0.15, 0.2) is 11.5 Å². The van der Waals surface area contributed by atoms with Crippen molar-refractivity contribution in [2.75, 3.05) is 20.8 Å². The van der Waals surface area contributed by atoms with Crippen LogP contribution in [-0.4, -0.2) is 48.7 Å². The van der Waals surface area contributed by atoms with E-state index in [1.54, 1.807) is 14.2 Å². The van der Waals surface area contributed by atoms with Crippen LogP contribution >= 0.6 is 0 Å². The van der Waals surface area contributed by atoms with Crippen LogP contribution in [0.5, 0.6) is 11.5 Å². The number of hydrogen-bond acceptors (Lipinski definition) is 4. The van der Waals surface area contributed by atoms with Crippen molar-refractivity contribution in [1.82, 2.24) is 4.90 Å². The van der Waals surface area contributed by atoms with Gasteiger partial charge in [0.2, 0.25) is 5.91 Å². The average Bonchev–Trinajstić information content (AvgIpc) is 2.65. The number of aliphatic carboxylic acids is 1. The standard InChI is InChI=1S/C20H29NO5/c1-14(12-15-7-9-17(25-2)18(13-15)26-3)20(24)21-11-5-4-6-16(21)8-10-19(22)23/h7,9,13-14,16H,4-6,8,10-12H2,1-3H3,(H,22,23). The molecule has 0 saturated carbocycles. The van der Waals surface area contributed by atoms with Gasteiger partial charge in [0, 0.05) is 24.9 Å². The van der Waals surface area contributed by atoms with E-state index in [0.29, 0.717) is 24.3 Å². The van der Waals surface area contributed by atoms with Crippen LogP contribution in [0.4, 0.5) is 0 Å². The van der Waals surface area contributed by atoms with Gasteiger partial charge in [-0.15, -0.1) is 0 Å². The Kier molecular flexibility index (Phi) is 7.30. The van der Waals surface area contributed by atoms with Crippen LogP contribution in [-0.2, 0) is 16.0 Å². The van der Waals surface area contributed by atoms with Gasteiger partial charge in [-0.3, -0.25) is 9.59 Å². The number of amides is 1. The SMILES string of the molecule is COc1ccc(CC(C)C(=O)N2CCCCC2CCC(=O)O)cc1OC. The second-order valence-corrected chi connectivity index (χ2v) is 6.91. The molecule has 26 heavy (non-hydrogen) atoms. The number of hydrogen-bond donors (Lipinski definition) is 1. The predicted octanol–water partition coefficient (Wildman–Crippen LogP) is 3.13. The molecule has 1 aliphatic rings. The van der Waals surface area contributed by atoms with Crippen LogP contribution in [0.25, 0.3) is 0 Å². The lowest BCUT2D eigenvalue weighted by Crippen LogP contribution is -2.46. The molecule has 0 aliphatic carbocycles. The summed E-state index contributed by atoms with van der Waals surface area (Å²) in [5, 5.41) is 8.94. The molecule has 0 aromatic heterocycles. The van der Waals surface area contributed by atoms with Gasteiger partial charge in [-0.25, -0.2) is 0 Å². The van der Waals surface area contributed by atoms with Gasteiger partial charge in [0.1, 0.15) is 0 Å². The minimum Gasteiger partial charge on any atom is -0.493 e. The molecule has 1 aromatic rings. The van der Waals surface area contributed by atoms with Crippen molar-refractivity contribution >= 4 is 11.9 Å². The molecule has 2 atom stereocenters. The molecule has 1 fully saturated rings. The molecular formula is C20H29NO5. The molecule has 6 nitrogen and oxygen atoms in total. The number of benzene rings is 1. The minimum absolute atomic E-state index is 0.0419. The van der Waals surface area contributed by atoms with Crippen LogP contribution in [0.1, 0.15) is 44.6 Å². The zero-order valence-corrected chi connectivity index (χ0v) is 15.9. The smallest absolute Gasteiger partial charge is 0.303 e. The first-order valence-electron chi connectivity index (χ1n) is 9.19. The number of methoxy groups -OCH3 is 2. The van der Waals surface area contributed by atoms with E-state index in [1.807, 2.05) is 30.0 Å². The van der Waals surface area contributed by atoms with Gasteiger partial charge in [-0.05, 0) is 49.8 Å². The van der Waals surface area contributed by atoms with Gasteiger partial charge in [0.05, 0.1) is 14.2 Å². The Labute approximate surface area is 155 Å². The Morgan fingerprint density at radius 3 is 2.62 bits per heavy atom. The first-order valence-corrected chi connectivity index (χ1v) is 9.19. The number of carbonyl (C=O) groups excluding carboxylic acids is 1. The lowest BCUT2D eigenvalue weighted by atomic mass is 9.93. The predicted molar refractivity (Wildman–Crippen MR) is 98.6 cm³/mol. The highest BCUT2D eigenvalue weighted by Crippen LogP contribution is 2.29. The number of carboxylic acids is 1. The van der Waals surface area contributed by atoms with E-state index in [4.69, 9.17) is 14.6 Å². The Bertz CT molecular complexity index is 631. The first kappa shape index (κ1) is 20.1. The van der Waals surface area contributed by atoms with E-state index in [2.05, 4.69) is 0 Å². The van der Waals surface area contributed by atoms with Crippen LogP contribution in [0, 0.1) is 5.92 Å². The van der Waals surface area contributed by atoms with E-state index in [9.17, 15) is 9.59 Å². The fraction of sp³-hybridized carbons (Fsp3) is 0.600. The summed E-state index contributed by atoms with van der Waals surface area (Å²) in [6.45, 7) is 2.65. The minimum atomic E-state index is -0.804. The van der Waals surface area contributed by atoms with Gasteiger partial charge in [0.25, 0.3) is 0 Å². The van der Waals surface area contributed by atoms with Crippen molar-refractivity contribution in [2.24, 2.45) is 5.92 Å². The van der Waals surface area contributed by atoms with Crippen LogP contribution in [0.3, 0.4) is 0 Å². The molecule has 144 valence electrons. The van der Waals surface area contributed by atoms with E-state index < -0.39 is 5.97 Å². The first-order chi connectivity index (χ1) is 12.5. The summed E-state index contributed by atoms with van der Waals surface area (Å²) in [6, 6.07) is 5.74. The maximum atomic E-state index is 13.0. The van der Waals surface area contributed by atoms with Gasteiger partial charge in [-0.2, -0.15) is 0 Å². The van der Waals surface area contributed by atoms with Crippen molar-refractivity contribution in [3.05, 3.63) is 23.8 Å². The van der Waals surface area contributed by atoms with Gasteiger partial charge < -0.3 is 19.5 Å². The summed E-state index contributed by atoms with van der Waals surface area (Å²) >= 11 is 0. The summed E-state index contributed by atoms with van der Waals surface area (Å²) in [4.78, 5) is 25.7. The quantitative estimate of drug-likeness (QED) is 0.768. The number of ether oxygens (including phenoxy) is 2. The number of nitrogens with zero attached hydrogens (tertiary/aromatic N) is 1. The largest absolute Gasteiger partial charge is 0.493 e. The second kappa shape index (κ2) is 9.46. The van der Waals surface area contributed by atoms with Crippen LogP contribution in [0.15, 0.2) is 18.2 Å². The fourth-order valence-electron chi connectivity index (χ4n) is 3.61. The molecule has 0 spiro atoms. The summed E-state index contributed by atoms with van der Waals surface area (Å²) in [6.07, 6.45) is 4.18. The van der Waals surface area contributed by atoms with Crippen molar-refractivity contribution in [1.29, 1.82) is 0 Å². The van der Waals surface area contributed by atoms with Crippen LogP contribution < -0.4 is 9.47 Å². The molecule has 2 unspecified atom stereocenters. The topological polar surface area (TPSA) is 76.1 Å². The molecule has 1 aliphatic heterocycles. The zero-order valence-electron chi connectivity index (χ0n) is 15.9. The lowest BCUT2D eigenvalue weighted by molar-refractivity contribution is -0.142.